The van der Waals surface area contributed by atoms with Gasteiger partial charge in [0.1, 0.15) is 4.75 Å². The van der Waals surface area contributed by atoms with Crippen molar-refractivity contribution in [2.75, 3.05) is 0 Å². The van der Waals surface area contributed by atoms with Crippen LogP contribution in [0.2, 0.25) is 0 Å². The third kappa shape index (κ3) is 2.93. The van der Waals surface area contributed by atoms with Gasteiger partial charge in [0.2, 0.25) is 0 Å². The van der Waals surface area contributed by atoms with Gasteiger partial charge in [0.05, 0.1) is 4.90 Å². The maximum absolute atomic E-state index is 13.1. The summed E-state index contributed by atoms with van der Waals surface area (Å²) in [5, 5.41) is 0. The van der Waals surface area contributed by atoms with Gasteiger partial charge < -0.3 is 0 Å². The average molecular weight is 300 g/mol. The molecule has 2 nitrogen and oxygen atoms in total. The van der Waals surface area contributed by atoms with Gasteiger partial charge in [-0.15, -0.1) is 6.58 Å². The molecule has 0 saturated heterocycles. The van der Waals surface area contributed by atoms with Crippen LogP contribution in [-0.2, 0) is 14.6 Å². The highest BCUT2D eigenvalue weighted by atomic mass is 32.2. The van der Waals surface area contributed by atoms with Crippen LogP contribution in [0.5, 0.6) is 0 Å². The Morgan fingerprint density at radius 3 is 1.95 bits per heavy atom. The van der Waals surface area contributed by atoms with Crippen LogP contribution in [0.3, 0.4) is 0 Å². The van der Waals surface area contributed by atoms with Crippen LogP contribution in [0, 0.1) is 0 Å². The first-order valence-electron chi connectivity index (χ1n) is 6.87. The third-order valence-electron chi connectivity index (χ3n) is 3.67. The van der Waals surface area contributed by atoms with Gasteiger partial charge in [-0.1, -0.05) is 54.1 Å². The molecule has 0 N–H and O–H groups in total. The summed E-state index contributed by atoms with van der Waals surface area (Å²) in [5.74, 6) is 0. The summed E-state index contributed by atoms with van der Waals surface area (Å²) in [6.45, 7) is 7.55. The highest BCUT2D eigenvalue weighted by Crippen LogP contribution is 2.39. The Balaban J connectivity index is 2.64. The number of rotatable bonds is 5. The molecule has 110 valence electrons. The van der Waals surface area contributed by atoms with E-state index < -0.39 is 14.6 Å². The smallest absolute Gasteiger partial charge is 0.188 e. The Labute approximate surface area is 127 Å². The topological polar surface area (TPSA) is 34.1 Å². The van der Waals surface area contributed by atoms with Crippen molar-refractivity contribution < 1.29 is 8.42 Å². The van der Waals surface area contributed by atoms with Crippen LogP contribution in [0.4, 0.5) is 0 Å². The van der Waals surface area contributed by atoms with E-state index in [1.165, 1.54) is 0 Å². The van der Waals surface area contributed by atoms with E-state index in [1.807, 2.05) is 43.3 Å². The lowest BCUT2D eigenvalue weighted by Gasteiger charge is -2.30. The molecule has 3 heteroatoms. The Morgan fingerprint density at radius 1 is 1.00 bits per heavy atom. The molecule has 0 aromatic heterocycles. The minimum Gasteiger partial charge on any atom is -0.223 e. The molecule has 0 saturated carbocycles. The summed E-state index contributed by atoms with van der Waals surface area (Å²) in [4.78, 5) is 0.345. The molecule has 0 aliphatic heterocycles. The summed E-state index contributed by atoms with van der Waals surface area (Å²) in [6.07, 6.45) is 0.397. The average Bonchev–Trinajstić information content (AvgIpc) is 2.48. The van der Waals surface area contributed by atoms with Crippen LogP contribution >= 0.6 is 0 Å². The minimum absolute atomic E-state index is 0.345. The fourth-order valence-corrected chi connectivity index (χ4v) is 4.50. The third-order valence-corrected chi connectivity index (χ3v) is 6.13. The molecule has 0 heterocycles. The van der Waals surface area contributed by atoms with Crippen molar-refractivity contribution in [1.29, 1.82) is 0 Å². The lowest BCUT2D eigenvalue weighted by Crippen LogP contribution is -2.33. The van der Waals surface area contributed by atoms with Gasteiger partial charge >= 0.3 is 0 Å². The number of benzene rings is 2. The van der Waals surface area contributed by atoms with Crippen LogP contribution in [0.15, 0.2) is 77.7 Å². The lowest BCUT2D eigenvalue weighted by molar-refractivity contribution is 0.535. The summed E-state index contributed by atoms with van der Waals surface area (Å²) in [6, 6.07) is 18.0. The molecular weight excluding hydrogens is 280 g/mol. The quantitative estimate of drug-likeness (QED) is 0.770. The normalized spacial score (nSPS) is 14.4. The Morgan fingerprint density at radius 2 is 1.48 bits per heavy atom. The van der Waals surface area contributed by atoms with Crippen molar-refractivity contribution in [1.82, 2.24) is 0 Å². The SMILES string of the molecule is C=C(C)C[C@@](C)(c1ccccc1)S(=O)(=O)c1ccccc1. The van der Waals surface area contributed by atoms with E-state index in [0.717, 1.165) is 11.1 Å². The van der Waals surface area contributed by atoms with E-state index in [0.29, 0.717) is 11.3 Å². The summed E-state index contributed by atoms with van der Waals surface area (Å²) >= 11 is 0. The molecule has 0 aliphatic carbocycles. The monoisotopic (exact) mass is 300 g/mol. The number of hydrogen-bond donors (Lipinski definition) is 0. The minimum atomic E-state index is -3.51. The van der Waals surface area contributed by atoms with Crippen LogP contribution in [0.1, 0.15) is 25.8 Å². The second kappa shape index (κ2) is 5.86. The zero-order chi connectivity index (χ0) is 15.5. The lowest BCUT2D eigenvalue weighted by atomic mass is 9.94. The summed E-state index contributed by atoms with van der Waals surface area (Å²) in [7, 11) is -3.51. The first-order valence-corrected chi connectivity index (χ1v) is 8.36. The molecule has 0 radical (unpaired) electrons. The molecule has 1 atom stereocenters. The number of allylic oxidation sites excluding steroid dienone is 1. The highest BCUT2D eigenvalue weighted by molar-refractivity contribution is 7.92. The van der Waals surface area contributed by atoms with Gasteiger partial charge in [0, 0.05) is 0 Å². The van der Waals surface area contributed by atoms with E-state index >= 15 is 0 Å². The molecule has 0 spiro atoms. The van der Waals surface area contributed by atoms with E-state index in [2.05, 4.69) is 6.58 Å². The predicted octanol–water partition coefficient (Wildman–Crippen LogP) is 4.34. The van der Waals surface area contributed by atoms with Crippen LogP contribution < -0.4 is 0 Å². The van der Waals surface area contributed by atoms with Crippen molar-refractivity contribution in [2.45, 2.75) is 29.9 Å². The standard InChI is InChI=1S/C18H20O2S/c1-15(2)14-18(3,16-10-6-4-7-11-16)21(19,20)17-12-8-5-9-13-17/h4-13H,1,14H2,2-3H3/t18-/m0/s1. The molecular formula is C18H20O2S. The Bertz CT molecular complexity index is 718. The van der Waals surface area contributed by atoms with Gasteiger partial charge in [-0.25, -0.2) is 8.42 Å². The number of hydrogen-bond acceptors (Lipinski definition) is 2. The van der Waals surface area contributed by atoms with Gasteiger partial charge in [0.15, 0.2) is 9.84 Å². The highest BCUT2D eigenvalue weighted by Gasteiger charge is 2.41. The molecule has 2 rings (SSSR count). The maximum atomic E-state index is 13.1. The van der Waals surface area contributed by atoms with Gasteiger partial charge in [0.25, 0.3) is 0 Å². The number of sulfone groups is 1. The van der Waals surface area contributed by atoms with E-state index in [1.54, 1.807) is 31.2 Å². The zero-order valence-corrected chi connectivity index (χ0v) is 13.2. The molecule has 21 heavy (non-hydrogen) atoms. The van der Waals surface area contributed by atoms with E-state index in [4.69, 9.17) is 0 Å². The van der Waals surface area contributed by atoms with Crippen molar-refractivity contribution in [3.63, 3.8) is 0 Å². The fourth-order valence-electron chi connectivity index (χ4n) is 2.58. The molecule has 2 aromatic rings. The van der Waals surface area contributed by atoms with E-state index in [-0.39, 0.29) is 0 Å². The van der Waals surface area contributed by atoms with Gasteiger partial charge in [-0.2, -0.15) is 0 Å². The van der Waals surface area contributed by atoms with Crippen molar-refractivity contribution in [2.24, 2.45) is 0 Å². The van der Waals surface area contributed by atoms with Crippen molar-refractivity contribution >= 4 is 9.84 Å². The molecule has 0 bridgehead atoms. The largest absolute Gasteiger partial charge is 0.223 e. The molecule has 0 aliphatic rings. The molecule has 0 amide bonds. The van der Waals surface area contributed by atoms with Gasteiger partial charge in [-0.05, 0) is 38.0 Å². The second-order valence-electron chi connectivity index (χ2n) is 5.55. The molecule has 2 aromatic carbocycles. The van der Waals surface area contributed by atoms with Crippen LogP contribution in [0.25, 0.3) is 0 Å². The van der Waals surface area contributed by atoms with Crippen molar-refractivity contribution in [3.8, 4) is 0 Å². The van der Waals surface area contributed by atoms with Gasteiger partial charge in [-0.3, -0.25) is 0 Å². The predicted molar refractivity (Wildman–Crippen MR) is 86.9 cm³/mol. The molecule has 0 fully saturated rings. The Hall–Kier alpha value is -1.87. The maximum Gasteiger partial charge on any atom is 0.188 e. The molecule has 0 unspecified atom stereocenters. The zero-order valence-electron chi connectivity index (χ0n) is 12.4. The first-order chi connectivity index (χ1) is 9.88. The summed E-state index contributed by atoms with van der Waals surface area (Å²) < 4.78 is 25.3. The Kier molecular flexibility index (Phi) is 4.33. The van der Waals surface area contributed by atoms with Crippen LogP contribution in [-0.4, -0.2) is 8.42 Å². The first kappa shape index (κ1) is 15.5. The van der Waals surface area contributed by atoms with E-state index in [9.17, 15) is 8.42 Å². The fraction of sp³-hybridized carbons (Fsp3) is 0.222. The van der Waals surface area contributed by atoms with Crippen molar-refractivity contribution in [3.05, 3.63) is 78.4 Å². The second-order valence-corrected chi connectivity index (χ2v) is 7.93. The summed E-state index contributed by atoms with van der Waals surface area (Å²) in [5.41, 5.74) is 1.64.